The number of aryl methyl sites for hydroxylation is 1. The van der Waals surface area contributed by atoms with Crippen molar-refractivity contribution in [3.63, 3.8) is 0 Å². The lowest BCUT2D eigenvalue weighted by Crippen LogP contribution is -2.47. The molecule has 0 atom stereocenters. The van der Waals surface area contributed by atoms with E-state index in [1.807, 2.05) is 49.4 Å². The lowest BCUT2D eigenvalue weighted by atomic mass is 10.1. The van der Waals surface area contributed by atoms with Gasteiger partial charge in [-0.2, -0.15) is 0 Å². The molecule has 2 amide bonds. The lowest BCUT2D eigenvalue weighted by Gasteiger charge is -2.31. The number of fused-ring (bicyclic) bond motifs is 1. The van der Waals surface area contributed by atoms with Crippen LogP contribution in [-0.4, -0.2) is 79.2 Å². The number of carbonyl (C=O) groups is 2. The number of hydrogen-bond donors (Lipinski definition) is 0. The van der Waals surface area contributed by atoms with Crippen molar-refractivity contribution in [1.82, 2.24) is 14.7 Å². The first-order valence-corrected chi connectivity index (χ1v) is 13.8. The van der Waals surface area contributed by atoms with Crippen molar-refractivity contribution in [3.05, 3.63) is 81.7 Å². The Morgan fingerprint density at radius 1 is 0.923 bits per heavy atom. The minimum absolute atomic E-state index is 0.0521. The largest absolute Gasteiger partial charge is 0.464 e. The smallest absolute Gasteiger partial charge is 0.254 e. The van der Waals surface area contributed by atoms with Gasteiger partial charge < -0.3 is 28.4 Å². The number of nitrogens with zero attached hydrogens (tertiary/aromatic N) is 3. The second-order valence-electron chi connectivity index (χ2n) is 9.64. The van der Waals surface area contributed by atoms with Gasteiger partial charge in [0.05, 0.1) is 19.8 Å². The Labute approximate surface area is 236 Å². The fourth-order valence-electron chi connectivity index (χ4n) is 4.63. The summed E-state index contributed by atoms with van der Waals surface area (Å²) in [4.78, 5) is 33.0. The molecule has 0 N–H and O–H groups in total. The van der Waals surface area contributed by atoms with Crippen LogP contribution in [0.3, 0.4) is 0 Å². The molecule has 0 spiro atoms. The molecule has 1 aromatic heterocycles. The molecule has 0 unspecified atom stereocenters. The Bertz CT molecular complexity index is 1290. The highest BCUT2D eigenvalue weighted by molar-refractivity contribution is 9.10. The van der Waals surface area contributed by atoms with Gasteiger partial charge in [0.25, 0.3) is 5.91 Å². The molecule has 3 heterocycles. The van der Waals surface area contributed by atoms with Gasteiger partial charge in [-0.15, -0.1) is 0 Å². The predicted octanol–water partition coefficient (Wildman–Crippen LogP) is 4.08. The topological polar surface area (TPSA) is 84.7 Å². The summed E-state index contributed by atoms with van der Waals surface area (Å²) < 4.78 is 23.1. The van der Waals surface area contributed by atoms with E-state index in [1.165, 1.54) is 0 Å². The molecule has 2 aliphatic heterocycles. The van der Waals surface area contributed by atoms with E-state index in [-0.39, 0.29) is 31.7 Å². The summed E-state index contributed by atoms with van der Waals surface area (Å²) in [5, 5.41) is 0. The quantitative estimate of drug-likeness (QED) is 0.348. The number of morpholine rings is 1. The Morgan fingerprint density at radius 2 is 1.69 bits per heavy atom. The van der Waals surface area contributed by atoms with Crippen molar-refractivity contribution in [1.29, 1.82) is 0 Å². The van der Waals surface area contributed by atoms with Crippen LogP contribution in [0.5, 0.6) is 11.5 Å². The fourth-order valence-corrected chi connectivity index (χ4v) is 4.89. The summed E-state index contributed by atoms with van der Waals surface area (Å²) in [6.45, 7) is 6.67. The van der Waals surface area contributed by atoms with Gasteiger partial charge >= 0.3 is 0 Å². The van der Waals surface area contributed by atoms with Crippen molar-refractivity contribution in [2.75, 3.05) is 52.7 Å². The van der Waals surface area contributed by atoms with Crippen LogP contribution in [0.4, 0.5) is 0 Å². The number of amides is 2. The molecule has 39 heavy (non-hydrogen) atoms. The first kappa shape index (κ1) is 27.2. The van der Waals surface area contributed by atoms with E-state index in [0.717, 1.165) is 28.9 Å². The van der Waals surface area contributed by atoms with Gasteiger partial charge in [-0.05, 0) is 61.0 Å². The zero-order valence-electron chi connectivity index (χ0n) is 21.9. The number of carbonyl (C=O) groups excluding carboxylic acids is 2. The van der Waals surface area contributed by atoms with Gasteiger partial charge in [0.1, 0.15) is 18.1 Å². The number of ether oxygens (including phenoxy) is 3. The summed E-state index contributed by atoms with van der Waals surface area (Å²) in [5.41, 5.74) is 1.44. The zero-order chi connectivity index (χ0) is 27.2. The predicted molar refractivity (Wildman–Crippen MR) is 148 cm³/mol. The third-order valence-corrected chi connectivity index (χ3v) is 7.33. The highest BCUT2D eigenvalue weighted by atomic mass is 79.9. The van der Waals surface area contributed by atoms with Gasteiger partial charge in [-0.25, -0.2) is 0 Å². The number of furan rings is 1. The van der Waals surface area contributed by atoms with Crippen LogP contribution >= 0.6 is 15.9 Å². The molecule has 0 aliphatic carbocycles. The third kappa shape index (κ3) is 7.20. The van der Waals surface area contributed by atoms with E-state index in [4.69, 9.17) is 18.6 Å². The highest BCUT2D eigenvalue weighted by Gasteiger charge is 2.25. The maximum absolute atomic E-state index is 13.8. The van der Waals surface area contributed by atoms with E-state index < -0.39 is 0 Å². The maximum Gasteiger partial charge on any atom is 0.254 e. The number of rotatable bonds is 10. The summed E-state index contributed by atoms with van der Waals surface area (Å²) in [6, 6.07) is 16.6. The summed E-state index contributed by atoms with van der Waals surface area (Å²) in [5.74, 6) is 2.45. The number of hydrogen-bond acceptors (Lipinski definition) is 7. The molecule has 2 aromatic carbocycles. The van der Waals surface area contributed by atoms with Crippen LogP contribution in [0.25, 0.3) is 0 Å². The van der Waals surface area contributed by atoms with Crippen LogP contribution in [0.1, 0.15) is 27.4 Å². The van der Waals surface area contributed by atoms with Crippen LogP contribution in [0.2, 0.25) is 0 Å². The molecular formula is C29H32BrN3O6. The Balaban J connectivity index is 1.35. The van der Waals surface area contributed by atoms with Crippen molar-refractivity contribution >= 4 is 27.7 Å². The molecular weight excluding hydrogens is 566 g/mol. The second kappa shape index (κ2) is 12.7. The maximum atomic E-state index is 13.8. The molecule has 2 aliphatic rings. The zero-order valence-corrected chi connectivity index (χ0v) is 23.5. The van der Waals surface area contributed by atoms with Crippen molar-refractivity contribution in [3.8, 4) is 11.5 Å². The molecule has 1 fully saturated rings. The fraction of sp³-hybridized carbons (Fsp3) is 0.379. The third-order valence-electron chi connectivity index (χ3n) is 6.80. The molecule has 9 nitrogen and oxygen atoms in total. The molecule has 10 heteroatoms. The average Bonchev–Trinajstić information content (AvgIpc) is 3.59. The van der Waals surface area contributed by atoms with Crippen LogP contribution in [-0.2, 0) is 22.6 Å². The van der Waals surface area contributed by atoms with Gasteiger partial charge in [0.15, 0.2) is 11.5 Å². The average molecular weight is 598 g/mol. The first-order valence-electron chi connectivity index (χ1n) is 13.0. The van der Waals surface area contributed by atoms with Crippen molar-refractivity contribution in [2.24, 2.45) is 0 Å². The van der Waals surface area contributed by atoms with E-state index in [9.17, 15) is 9.59 Å². The highest BCUT2D eigenvalue weighted by Crippen LogP contribution is 2.33. The second-order valence-corrected chi connectivity index (χ2v) is 10.6. The van der Waals surface area contributed by atoms with E-state index >= 15 is 0 Å². The standard InChI is InChI=1S/C29H32BrN3O6/c1-21-2-8-25(39-21)18-33(17-22-3-9-26-27(16-22)38-20-37-26)28(34)19-32(11-10-31-12-14-36-15-13-31)29(35)23-4-6-24(30)7-5-23/h2-9,16H,10-15,17-20H2,1H3. The Hall–Kier alpha value is -3.34. The first-order chi connectivity index (χ1) is 18.9. The molecule has 206 valence electrons. The minimum Gasteiger partial charge on any atom is -0.464 e. The minimum atomic E-state index is -0.180. The van der Waals surface area contributed by atoms with E-state index in [2.05, 4.69) is 20.8 Å². The number of benzene rings is 2. The Morgan fingerprint density at radius 3 is 2.44 bits per heavy atom. The molecule has 5 rings (SSSR count). The Kier molecular flexibility index (Phi) is 8.85. The van der Waals surface area contributed by atoms with E-state index in [1.54, 1.807) is 21.9 Å². The van der Waals surface area contributed by atoms with Gasteiger partial charge in [-0.3, -0.25) is 14.5 Å². The summed E-state index contributed by atoms with van der Waals surface area (Å²) in [7, 11) is 0. The number of halogens is 1. The van der Waals surface area contributed by atoms with Gasteiger partial charge in [-0.1, -0.05) is 22.0 Å². The molecule has 0 bridgehead atoms. The van der Waals surface area contributed by atoms with Crippen LogP contribution in [0, 0.1) is 6.92 Å². The van der Waals surface area contributed by atoms with Crippen molar-refractivity contribution < 1.29 is 28.2 Å². The summed E-state index contributed by atoms with van der Waals surface area (Å²) in [6.07, 6.45) is 0. The van der Waals surface area contributed by atoms with Crippen LogP contribution < -0.4 is 9.47 Å². The summed E-state index contributed by atoms with van der Waals surface area (Å²) >= 11 is 3.43. The van der Waals surface area contributed by atoms with E-state index in [0.29, 0.717) is 55.7 Å². The normalized spacial score (nSPS) is 14.8. The molecule has 0 radical (unpaired) electrons. The van der Waals surface area contributed by atoms with Gasteiger partial charge in [0, 0.05) is 42.8 Å². The van der Waals surface area contributed by atoms with Crippen molar-refractivity contribution in [2.45, 2.75) is 20.0 Å². The molecule has 1 saturated heterocycles. The van der Waals surface area contributed by atoms with Crippen LogP contribution in [0.15, 0.2) is 63.5 Å². The van der Waals surface area contributed by atoms with Gasteiger partial charge in [0.2, 0.25) is 12.7 Å². The SMILES string of the molecule is Cc1ccc(CN(Cc2ccc3c(c2)OCO3)C(=O)CN(CCN2CCOCC2)C(=O)c2ccc(Br)cc2)o1. The monoisotopic (exact) mass is 597 g/mol. The lowest BCUT2D eigenvalue weighted by molar-refractivity contribution is -0.133. The molecule has 0 saturated carbocycles. The molecule has 3 aromatic rings.